The third-order valence-electron chi connectivity index (χ3n) is 5.86. The van der Waals surface area contributed by atoms with Gasteiger partial charge in [-0.1, -0.05) is 0 Å². The molecule has 1 heterocycles. The van der Waals surface area contributed by atoms with Gasteiger partial charge in [-0.25, -0.2) is 4.79 Å². The van der Waals surface area contributed by atoms with E-state index < -0.39 is 12.1 Å². The molecular formula is C22H26NO6-. The highest BCUT2D eigenvalue weighted by Gasteiger charge is 2.23. The smallest absolute Gasteiger partial charge is 0.339 e. The molecule has 7 heteroatoms. The maximum absolute atomic E-state index is 12.4. The third kappa shape index (κ3) is 4.78. The second kappa shape index (κ2) is 8.68. The van der Waals surface area contributed by atoms with Gasteiger partial charge in [0.15, 0.2) is 6.10 Å². The Hall–Kier alpha value is -2.83. The lowest BCUT2D eigenvalue weighted by molar-refractivity contribution is -0.312. The van der Waals surface area contributed by atoms with Gasteiger partial charge in [-0.05, 0) is 76.0 Å². The summed E-state index contributed by atoms with van der Waals surface area (Å²) in [5.41, 5.74) is 1.48. The van der Waals surface area contributed by atoms with Crippen LogP contribution < -0.4 is 20.8 Å². The lowest BCUT2D eigenvalue weighted by atomic mass is 9.82. The summed E-state index contributed by atoms with van der Waals surface area (Å²) >= 11 is 0. The molecule has 1 aromatic heterocycles. The van der Waals surface area contributed by atoms with E-state index in [0.717, 1.165) is 23.8 Å². The molecule has 2 aromatic rings. The number of hydrogen-bond acceptors (Lipinski definition) is 6. The first-order chi connectivity index (χ1) is 13.8. The molecule has 7 nitrogen and oxygen atoms in total. The molecule has 156 valence electrons. The quantitative estimate of drug-likeness (QED) is 0.741. The molecule has 0 radical (unpaired) electrons. The molecule has 1 aromatic carbocycles. The molecule has 0 unspecified atom stereocenters. The molecule has 1 saturated carbocycles. The molecule has 0 bridgehead atoms. The van der Waals surface area contributed by atoms with Crippen molar-refractivity contribution < 1.29 is 23.8 Å². The fourth-order valence-corrected chi connectivity index (χ4v) is 3.75. The van der Waals surface area contributed by atoms with Crippen molar-refractivity contribution in [2.75, 3.05) is 6.54 Å². The van der Waals surface area contributed by atoms with Crippen molar-refractivity contribution in [3.05, 3.63) is 39.7 Å². The highest BCUT2D eigenvalue weighted by Crippen LogP contribution is 2.28. The lowest BCUT2D eigenvalue weighted by Gasteiger charge is -2.29. The molecule has 29 heavy (non-hydrogen) atoms. The minimum Gasteiger partial charge on any atom is -0.550 e. The van der Waals surface area contributed by atoms with E-state index in [1.807, 2.05) is 13.0 Å². The summed E-state index contributed by atoms with van der Waals surface area (Å²) < 4.78 is 11.0. The largest absolute Gasteiger partial charge is 0.550 e. The molecule has 3 rings (SSSR count). The Morgan fingerprint density at radius 2 is 1.90 bits per heavy atom. The first-order valence-corrected chi connectivity index (χ1v) is 9.95. The van der Waals surface area contributed by atoms with Gasteiger partial charge in [0, 0.05) is 29.5 Å². The highest BCUT2D eigenvalue weighted by molar-refractivity contribution is 5.83. The topological polar surface area (TPSA) is 109 Å². The third-order valence-corrected chi connectivity index (χ3v) is 5.86. The van der Waals surface area contributed by atoms with E-state index in [1.54, 1.807) is 26.0 Å². The zero-order valence-electron chi connectivity index (χ0n) is 16.9. The predicted octanol–water partition coefficient (Wildman–Crippen LogP) is 1.85. The first-order valence-electron chi connectivity index (χ1n) is 9.95. The number of amides is 1. The number of aliphatic carboxylic acids is 1. The average molecular weight is 400 g/mol. The van der Waals surface area contributed by atoms with Crippen molar-refractivity contribution in [2.45, 2.75) is 52.6 Å². The molecule has 0 saturated heterocycles. The number of hydrogen-bond donors (Lipinski definition) is 1. The predicted molar refractivity (Wildman–Crippen MR) is 106 cm³/mol. The van der Waals surface area contributed by atoms with Crippen LogP contribution in [0.25, 0.3) is 11.0 Å². The second-order valence-corrected chi connectivity index (χ2v) is 7.84. The summed E-state index contributed by atoms with van der Waals surface area (Å²) in [6, 6.07) is 5.18. The van der Waals surface area contributed by atoms with Gasteiger partial charge in [-0.2, -0.15) is 0 Å². The van der Waals surface area contributed by atoms with E-state index in [1.165, 1.54) is 0 Å². The Balaban J connectivity index is 1.56. The molecular weight excluding hydrogens is 374 g/mol. The molecule has 1 aliphatic rings. The molecule has 1 amide bonds. The Morgan fingerprint density at radius 3 is 2.55 bits per heavy atom. The van der Waals surface area contributed by atoms with Gasteiger partial charge < -0.3 is 24.4 Å². The molecule has 1 N–H and O–H groups in total. The van der Waals surface area contributed by atoms with E-state index in [-0.39, 0.29) is 23.4 Å². The van der Waals surface area contributed by atoms with E-state index in [9.17, 15) is 19.5 Å². The van der Waals surface area contributed by atoms with Crippen LogP contribution in [0.1, 0.15) is 43.7 Å². The standard InChI is InChI=1S/C22H27NO6/c1-12-13(2)22(27)29-19-10-17(8-9-18(12)19)28-14(3)20(24)23-11-15-4-6-16(7-5-15)21(25)26/h8-10,14-16H,4-7,11H2,1-3H3,(H,23,24)(H,25,26)/p-1/t14-,15?,16?/m0/s1. The van der Waals surface area contributed by atoms with Crippen molar-refractivity contribution >= 4 is 22.8 Å². The van der Waals surface area contributed by atoms with Crippen molar-refractivity contribution in [1.82, 2.24) is 5.32 Å². The minimum absolute atomic E-state index is 0.242. The average Bonchev–Trinajstić information content (AvgIpc) is 2.70. The molecule has 1 fully saturated rings. The zero-order chi connectivity index (χ0) is 21.1. The van der Waals surface area contributed by atoms with Gasteiger partial charge >= 0.3 is 5.63 Å². The number of carbonyl (C=O) groups excluding carboxylic acids is 2. The number of aryl methyl sites for hydroxylation is 1. The van der Waals surface area contributed by atoms with Crippen LogP contribution >= 0.6 is 0 Å². The number of benzene rings is 1. The summed E-state index contributed by atoms with van der Waals surface area (Å²) in [6.07, 6.45) is 1.99. The Kier molecular flexibility index (Phi) is 6.25. The molecule has 1 aliphatic carbocycles. The van der Waals surface area contributed by atoms with Crippen molar-refractivity contribution in [1.29, 1.82) is 0 Å². The number of carboxylic acids is 1. The van der Waals surface area contributed by atoms with Crippen LogP contribution in [-0.4, -0.2) is 24.5 Å². The number of carbonyl (C=O) groups is 2. The maximum Gasteiger partial charge on any atom is 0.339 e. The van der Waals surface area contributed by atoms with Crippen LogP contribution in [0.5, 0.6) is 5.75 Å². The maximum atomic E-state index is 12.4. The monoisotopic (exact) mass is 400 g/mol. The van der Waals surface area contributed by atoms with Crippen LogP contribution in [0, 0.1) is 25.7 Å². The van der Waals surface area contributed by atoms with Crippen LogP contribution in [0.2, 0.25) is 0 Å². The van der Waals surface area contributed by atoms with Gasteiger partial charge in [0.1, 0.15) is 11.3 Å². The van der Waals surface area contributed by atoms with E-state index >= 15 is 0 Å². The van der Waals surface area contributed by atoms with Crippen molar-refractivity contribution in [2.24, 2.45) is 11.8 Å². The Bertz CT molecular complexity index is 971. The Labute approximate surface area is 169 Å². The van der Waals surface area contributed by atoms with Crippen molar-refractivity contribution in [3.63, 3.8) is 0 Å². The number of carboxylic acid groups (broad SMARTS) is 1. The van der Waals surface area contributed by atoms with E-state index in [2.05, 4.69) is 5.32 Å². The van der Waals surface area contributed by atoms with E-state index in [4.69, 9.17) is 9.15 Å². The second-order valence-electron chi connectivity index (χ2n) is 7.84. The number of fused-ring (bicyclic) bond motifs is 1. The summed E-state index contributed by atoms with van der Waals surface area (Å²) in [4.78, 5) is 35.2. The van der Waals surface area contributed by atoms with Crippen LogP contribution in [0.4, 0.5) is 0 Å². The van der Waals surface area contributed by atoms with Crippen LogP contribution in [0.15, 0.2) is 27.4 Å². The van der Waals surface area contributed by atoms with E-state index in [0.29, 0.717) is 36.3 Å². The van der Waals surface area contributed by atoms with Crippen molar-refractivity contribution in [3.8, 4) is 5.75 Å². The fourth-order valence-electron chi connectivity index (χ4n) is 3.75. The van der Waals surface area contributed by atoms with Gasteiger partial charge in [-0.15, -0.1) is 0 Å². The summed E-state index contributed by atoms with van der Waals surface area (Å²) in [7, 11) is 0. The number of nitrogens with one attached hydrogen (secondary N) is 1. The van der Waals surface area contributed by atoms with Gasteiger partial charge in [0.2, 0.25) is 0 Å². The number of ether oxygens (including phenoxy) is 1. The summed E-state index contributed by atoms with van der Waals surface area (Å²) in [5, 5.41) is 14.6. The zero-order valence-corrected chi connectivity index (χ0v) is 16.9. The minimum atomic E-state index is -0.980. The van der Waals surface area contributed by atoms with Gasteiger partial charge in [0.05, 0.1) is 0 Å². The van der Waals surface area contributed by atoms with Gasteiger partial charge in [0.25, 0.3) is 5.91 Å². The van der Waals surface area contributed by atoms with Crippen LogP contribution in [0.3, 0.4) is 0 Å². The highest BCUT2D eigenvalue weighted by atomic mass is 16.5. The first kappa shape index (κ1) is 20.9. The van der Waals surface area contributed by atoms with Gasteiger partial charge in [-0.3, -0.25) is 4.79 Å². The summed E-state index contributed by atoms with van der Waals surface area (Å²) in [5.74, 6) is -0.881. The fraction of sp³-hybridized carbons (Fsp3) is 0.500. The number of rotatable bonds is 6. The molecule has 0 spiro atoms. The lowest BCUT2D eigenvalue weighted by Crippen LogP contribution is -2.40. The Morgan fingerprint density at radius 1 is 1.21 bits per heavy atom. The molecule has 1 atom stereocenters. The SMILES string of the molecule is Cc1c(C)c2ccc(O[C@@H](C)C(=O)NCC3CCC(C(=O)[O-])CC3)cc2oc1=O. The normalized spacial score (nSPS) is 20.2. The molecule has 0 aliphatic heterocycles. The summed E-state index contributed by atoms with van der Waals surface area (Å²) in [6.45, 7) is 5.74. The van der Waals surface area contributed by atoms with Crippen LogP contribution in [-0.2, 0) is 9.59 Å².